The summed E-state index contributed by atoms with van der Waals surface area (Å²) < 4.78 is 6.04. The van der Waals surface area contributed by atoms with E-state index in [0.29, 0.717) is 0 Å². The van der Waals surface area contributed by atoms with E-state index in [2.05, 4.69) is 4.90 Å². The number of piperidine rings is 1. The molecule has 4 heteroatoms. The Kier molecular flexibility index (Phi) is 8.77. The molecular formula is C26H34ClNO2. The molecule has 2 aromatic carbocycles. The molecule has 1 heterocycles. The molecule has 4 rings (SSSR count). The smallest absolute Gasteiger partial charge is 0.318 e. The molecular weight excluding hydrogens is 394 g/mol. The first kappa shape index (κ1) is 22.8. The summed E-state index contributed by atoms with van der Waals surface area (Å²) in [5.74, 6) is 0.411. The Morgan fingerprint density at radius 1 is 0.833 bits per heavy atom. The Hall–Kier alpha value is -1.84. The molecule has 0 amide bonds. The monoisotopic (exact) mass is 427 g/mol. The molecule has 162 valence electrons. The van der Waals surface area contributed by atoms with Crippen molar-refractivity contribution in [3.05, 3.63) is 71.8 Å². The van der Waals surface area contributed by atoms with E-state index >= 15 is 0 Å². The molecule has 3 nitrogen and oxygen atoms in total. The van der Waals surface area contributed by atoms with Crippen LogP contribution in [0.5, 0.6) is 0 Å². The lowest BCUT2D eigenvalue weighted by Crippen LogP contribution is -2.41. The van der Waals surface area contributed by atoms with Crippen LogP contribution in [-0.4, -0.2) is 36.6 Å². The molecule has 1 saturated carbocycles. The second-order valence-electron chi connectivity index (χ2n) is 8.70. The van der Waals surface area contributed by atoms with Crippen molar-refractivity contribution in [3.63, 3.8) is 0 Å². The molecule has 0 radical (unpaired) electrons. The minimum absolute atomic E-state index is 0. The van der Waals surface area contributed by atoms with Crippen LogP contribution in [0.25, 0.3) is 0 Å². The van der Waals surface area contributed by atoms with Gasteiger partial charge in [-0.15, -0.1) is 12.4 Å². The number of benzene rings is 2. The molecule has 2 aromatic rings. The van der Waals surface area contributed by atoms with Crippen LogP contribution < -0.4 is 0 Å². The number of rotatable bonds is 6. The first-order valence-electron chi connectivity index (χ1n) is 11.3. The fourth-order valence-corrected chi connectivity index (χ4v) is 4.93. The first-order chi connectivity index (χ1) is 14.3. The van der Waals surface area contributed by atoms with Crippen LogP contribution in [0.1, 0.15) is 62.0 Å². The van der Waals surface area contributed by atoms with Crippen LogP contribution in [0.3, 0.4) is 0 Å². The maximum absolute atomic E-state index is 13.2. The Morgan fingerprint density at radius 2 is 1.37 bits per heavy atom. The summed E-state index contributed by atoms with van der Waals surface area (Å²) in [6, 6.07) is 20.0. The molecule has 0 aromatic heterocycles. The van der Waals surface area contributed by atoms with Gasteiger partial charge in [0.15, 0.2) is 0 Å². The molecule has 0 bridgehead atoms. The van der Waals surface area contributed by atoms with E-state index in [-0.39, 0.29) is 30.4 Å². The maximum atomic E-state index is 13.2. The van der Waals surface area contributed by atoms with Crippen molar-refractivity contribution >= 4 is 18.4 Å². The summed E-state index contributed by atoms with van der Waals surface area (Å²) in [7, 11) is 0. The van der Waals surface area contributed by atoms with Crippen LogP contribution in [0, 0.1) is 5.92 Å². The largest absolute Gasteiger partial charge is 0.462 e. The van der Waals surface area contributed by atoms with Crippen molar-refractivity contribution in [2.75, 3.05) is 19.6 Å². The highest BCUT2D eigenvalue weighted by Gasteiger charge is 2.29. The van der Waals surface area contributed by atoms with Gasteiger partial charge in [0.05, 0.1) is 0 Å². The van der Waals surface area contributed by atoms with Gasteiger partial charge < -0.3 is 9.64 Å². The number of ether oxygens (including phenoxy) is 1. The predicted octanol–water partition coefficient (Wildman–Crippen LogP) is 5.83. The third-order valence-electron chi connectivity index (χ3n) is 6.56. The van der Waals surface area contributed by atoms with E-state index in [9.17, 15) is 4.79 Å². The molecule has 0 atom stereocenters. The second kappa shape index (κ2) is 11.5. The molecule has 30 heavy (non-hydrogen) atoms. The summed E-state index contributed by atoms with van der Waals surface area (Å²) in [5.41, 5.74) is 2.00. The Morgan fingerprint density at radius 3 is 1.90 bits per heavy atom. The molecule has 0 spiro atoms. The maximum Gasteiger partial charge on any atom is 0.318 e. The van der Waals surface area contributed by atoms with E-state index in [4.69, 9.17) is 4.74 Å². The Balaban J connectivity index is 0.00000256. The number of likely N-dealkylation sites (tertiary alicyclic amines) is 1. The summed E-state index contributed by atoms with van der Waals surface area (Å²) in [4.78, 5) is 15.8. The first-order valence-corrected chi connectivity index (χ1v) is 11.3. The SMILES string of the molecule is Cl.O=C(OC1CCN(CC2CCCCC2)CC1)C(c1ccccc1)c1ccccc1. The van der Waals surface area contributed by atoms with Gasteiger partial charge in [0.2, 0.25) is 0 Å². The lowest BCUT2D eigenvalue weighted by Gasteiger charge is -2.35. The average Bonchev–Trinajstić information content (AvgIpc) is 2.78. The van der Waals surface area contributed by atoms with Crippen LogP contribution in [0.2, 0.25) is 0 Å². The average molecular weight is 428 g/mol. The number of hydrogen-bond donors (Lipinski definition) is 0. The van der Waals surface area contributed by atoms with Gasteiger partial charge in [-0.2, -0.15) is 0 Å². The van der Waals surface area contributed by atoms with Gasteiger partial charge in [-0.25, -0.2) is 0 Å². The Labute approximate surface area is 187 Å². The zero-order valence-electron chi connectivity index (χ0n) is 17.7. The predicted molar refractivity (Wildman–Crippen MR) is 124 cm³/mol. The van der Waals surface area contributed by atoms with Gasteiger partial charge in [-0.05, 0) is 42.7 Å². The fraction of sp³-hybridized carbons (Fsp3) is 0.500. The number of nitrogens with zero attached hydrogens (tertiary/aromatic N) is 1. The minimum Gasteiger partial charge on any atom is -0.462 e. The van der Waals surface area contributed by atoms with Crippen molar-refractivity contribution in [2.24, 2.45) is 5.92 Å². The minimum atomic E-state index is -0.349. The van der Waals surface area contributed by atoms with E-state index < -0.39 is 0 Å². The van der Waals surface area contributed by atoms with Gasteiger partial charge in [0.25, 0.3) is 0 Å². The van der Waals surface area contributed by atoms with Crippen LogP contribution >= 0.6 is 12.4 Å². The van der Waals surface area contributed by atoms with Gasteiger partial charge in [0, 0.05) is 19.6 Å². The number of hydrogen-bond acceptors (Lipinski definition) is 3. The fourth-order valence-electron chi connectivity index (χ4n) is 4.93. The Bertz CT molecular complexity index is 714. The molecule has 1 saturated heterocycles. The van der Waals surface area contributed by atoms with Gasteiger partial charge >= 0.3 is 5.97 Å². The highest BCUT2D eigenvalue weighted by atomic mass is 35.5. The van der Waals surface area contributed by atoms with Crippen LogP contribution in [0.4, 0.5) is 0 Å². The lowest BCUT2D eigenvalue weighted by atomic mass is 9.88. The van der Waals surface area contributed by atoms with Gasteiger partial charge in [-0.3, -0.25) is 4.79 Å². The molecule has 2 fully saturated rings. The van der Waals surface area contributed by atoms with Crippen molar-refractivity contribution in [1.29, 1.82) is 0 Å². The number of esters is 1. The zero-order valence-corrected chi connectivity index (χ0v) is 18.6. The van der Waals surface area contributed by atoms with E-state index in [1.807, 2.05) is 60.7 Å². The molecule has 0 N–H and O–H groups in total. The molecule has 1 aliphatic carbocycles. The topological polar surface area (TPSA) is 29.5 Å². The third kappa shape index (κ3) is 6.09. The van der Waals surface area contributed by atoms with Crippen LogP contribution in [-0.2, 0) is 9.53 Å². The lowest BCUT2D eigenvalue weighted by molar-refractivity contribution is -0.152. The summed E-state index contributed by atoms with van der Waals surface area (Å²) in [5, 5.41) is 0. The van der Waals surface area contributed by atoms with E-state index in [1.165, 1.54) is 38.6 Å². The number of carbonyl (C=O) groups excluding carboxylic acids is 1. The quantitative estimate of drug-likeness (QED) is 0.543. The van der Waals surface area contributed by atoms with Gasteiger partial charge in [0.1, 0.15) is 12.0 Å². The third-order valence-corrected chi connectivity index (χ3v) is 6.56. The van der Waals surface area contributed by atoms with Gasteiger partial charge in [-0.1, -0.05) is 79.9 Å². The number of carbonyl (C=O) groups is 1. The highest BCUT2D eigenvalue weighted by molar-refractivity contribution is 5.85. The van der Waals surface area contributed by atoms with Crippen LogP contribution in [0.15, 0.2) is 60.7 Å². The van der Waals surface area contributed by atoms with E-state index in [0.717, 1.165) is 43.0 Å². The summed E-state index contributed by atoms with van der Waals surface area (Å²) >= 11 is 0. The summed E-state index contributed by atoms with van der Waals surface area (Å²) in [6.07, 6.45) is 8.95. The zero-order chi connectivity index (χ0) is 19.9. The molecule has 0 unspecified atom stereocenters. The second-order valence-corrected chi connectivity index (χ2v) is 8.70. The normalized spacial score (nSPS) is 18.7. The standard InChI is InChI=1S/C26H33NO2.ClH/c28-26(25(22-12-6-2-7-13-22)23-14-8-3-9-15-23)29-24-16-18-27(19-17-24)20-21-10-4-1-5-11-21;/h2-3,6-9,12-15,21,24-25H,1,4-5,10-11,16-20H2;1H. The molecule has 2 aliphatic rings. The summed E-state index contributed by atoms with van der Waals surface area (Å²) in [6.45, 7) is 3.34. The molecule has 1 aliphatic heterocycles. The van der Waals surface area contributed by atoms with Crippen molar-refractivity contribution < 1.29 is 9.53 Å². The van der Waals surface area contributed by atoms with Crippen molar-refractivity contribution in [1.82, 2.24) is 4.90 Å². The van der Waals surface area contributed by atoms with E-state index in [1.54, 1.807) is 0 Å². The number of halogens is 1. The van der Waals surface area contributed by atoms with Crippen molar-refractivity contribution in [2.45, 2.75) is 57.0 Å². The highest BCUT2D eigenvalue weighted by Crippen LogP contribution is 2.29. The van der Waals surface area contributed by atoms with Crippen molar-refractivity contribution in [3.8, 4) is 0 Å².